The van der Waals surface area contributed by atoms with Gasteiger partial charge >= 0.3 is 0 Å². The van der Waals surface area contributed by atoms with Crippen molar-refractivity contribution < 1.29 is 4.74 Å². The zero-order valence-corrected chi connectivity index (χ0v) is 11.2. The monoisotopic (exact) mass is 244 g/mol. The number of aromatic amines is 1. The van der Waals surface area contributed by atoms with Crippen molar-refractivity contribution in [3.8, 4) is 0 Å². The van der Waals surface area contributed by atoms with E-state index in [-0.39, 0.29) is 11.6 Å². The maximum Gasteiger partial charge on any atom is 0.0996 e. The van der Waals surface area contributed by atoms with E-state index in [1.807, 2.05) is 0 Å². The van der Waals surface area contributed by atoms with Crippen LogP contribution in [0.4, 0.5) is 0 Å². The van der Waals surface area contributed by atoms with Gasteiger partial charge in [0.2, 0.25) is 0 Å². The van der Waals surface area contributed by atoms with Crippen molar-refractivity contribution in [2.45, 2.75) is 38.5 Å². The molecule has 18 heavy (non-hydrogen) atoms. The van der Waals surface area contributed by atoms with E-state index in [4.69, 9.17) is 4.74 Å². The van der Waals surface area contributed by atoms with Gasteiger partial charge in [-0.25, -0.2) is 0 Å². The zero-order valence-electron chi connectivity index (χ0n) is 11.2. The topological polar surface area (TPSA) is 37.0 Å². The van der Waals surface area contributed by atoms with E-state index in [9.17, 15) is 0 Å². The highest BCUT2D eigenvalue weighted by Crippen LogP contribution is 2.32. The van der Waals surface area contributed by atoms with Crippen molar-refractivity contribution in [1.29, 1.82) is 0 Å². The van der Waals surface area contributed by atoms with Crippen LogP contribution in [-0.4, -0.2) is 23.2 Å². The fraction of sp³-hybridized carbons (Fsp3) is 0.467. The third-order valence-corrected chi connectivity index (χ3v) is 3.62. The molecule has 1 aromatic carbocycles. The molecule has 3 nitrogen and oxygen atoms in total. The average molecular weight is 244 g/mol. The van der Waals surface area contributed by atoms with E-state index >= 15 is 0 Å². The second-order valence-electron chi connectivity index (χ2n) is 5.84. The predicted molar refractivity (Wildman–Crippen MR) is 73.7 cm³/mol. The van der Waals surface area contributed by atoms with E-state index in [0.29, 0.717) is 6.04 Å². The first kappa shape index (κ1) is 11.8. The molecule has 2 aromatic rings. The molecule has 96 valence electrons. The number of morpholine rings is 1. The molecule has 1 saturated heterocycles. The Hall–Kier alpha value is -1.32. The SMILES string of the molecule is CC1NC(C)(C)COC1c1c[nH]c2ccccc12. The van der Waals surface area contributed by atoms with Crippen LogP contribution in [0.3, 0.4) is 0 Å². The molecule has 0 amide bonds. The molecule has 1 aromatic heterocycles. The normalized spacial score (nSPS) is 27.5. The van der Waals surface area contributed by atoms with Gasteiger partial charge in [-0.05, 0) is 26.8 Å². The Morgan fingerprint density at radius 1 is 1.28 bits per heavy atom. The van der Waals surface area contributed by atoms with Gasteiger partial charge in [0.1, 0.15) is 0 Å². The van der Waals surface area contributed by atoms with Crippen molar-refractivity contribution >= 4 is 10.9 Å². The summed E-state index contributed by atoms with van der Waals surface area (Å²) >= 11 is 0. The van der Waals surface area contributed by atoms with Crippen LogP contribution in [0.15, 0.2) is 30.5 Å². The second-order valence-corrected chi connectivity index (χ2v) is 5.84. The maximum absolute atomic E-state index is 6.08. The van der Waals surface area contributed by atoms with Gasteiger partial charge < -0.3 is 15.0 Å². The van der Waals surface area contributed by atoms with Crippen LogP contribution in [0, 0.1) is 0 Å². The minimum absolute atomic E-state index is 0.0576. The summed E-state index contributed by atoms with van der Waals surface area (Å²) in [6.45, 7) is 7.28. The quantitative estimate of drug-likeness (QED) is 0.809. The fourth-order valence-corrected chi connectivity index (χ4v) is 2.86. The highest BCUT2D eigenvalue weighted by atomic mass is 16.5. The summed E-state index contributed by atoms with van der Waals surface area (Å²) in [5.41, 5.74) is 2.48. The van der Waals surface area contributed by atoms with Gasteiger partial charge in [-0.2, -0.15) is 0 Å². The smallest absolute Gasteiger partial charge is 0.0996 e. The lowest BCUT2D eigenvalue weighted by Crippen LogP contribution is -2.55. The Morgan fingerprint density at radius 2 is 2.06 bits per heavy atom. The van der Waals surface area contributed by atoms with Gasteiger partial charge in [0.25, 0.3) is 0 Å². The lowest BCUT2D eigenvalue weighted by atomic mass is 9.95. The molecular formula is C15H20N2O. The Kier molecular flexibility index (Phi) is 2.68. The van der Waals surface area contributed by atoms with Crippen LogP contribution in [0.2, 0.25) is 0 Å². The Balaban J connectivity index is 1.96. The van der Waals surface area contributed by atoms with E-state index < -0.39 is 0 Å². The predicted octanol–water partition coefficient (Wildman–Crippen LogP) is 3.00. The first-order valence-corrected chi connectivity index (χ1v) is 6.52. The van der Waals surface area contributed by atoms with Crippen molar-refractivity contribution in [3.05, 3.63) is 36.0 Å². The zero-order chi connectivity index (χ0) is 12.8. The number of para-hydroxylation sites is 1. The highest BCUT2D eigenvalue weighted by Gasteiger charge is 2.34. The number of H-pyrrole nitrogens is 1. The Labute approximate surface area is 108 Å². The summed E-state index contributed by atoms with van der Waals surface area (Å²) in [6, 6.07) is 8.69. The van der Waals surface area contributed by atoms with Crippen molar-refractivity contribution in [2.24, 2.45) is 0 Å². The molecule has 1 aliphatic heterocycles. The van der Waals surface area contributed by atoms with E-state index in [2.05, 4.69) is 61.5 Å². The number of nitrogens with one attached hydrogen (secondary N) is 2. The molecule has 0 radical (unpaired) electrons. The van der Waals surface area contributed by atoms with Gasteiger partial charge in [-0.1, -0.05) is 18.2 Å². The van der Waals surface area contributed by atoms with Crippen LogP contribution in [-0.2, 0) is 4.74 Å². The molecular weight excluding hydrogens is 224 g/mol. The third-order valence-electron chi connectivity index (χ3n) is 3.62. The largest absolute Gasteiger partial charge is 0.370 e. The molecule has 2 N–H and O–H groups in total. The number of rotatable bonds is 1. The van der Waals surface area contributed by atoms with Gasteiger partial charge in [-0.15, -0.1) is 0 Å². The van der Waals surface area contributed by atoms with Crippen LogP contribution in [0.25, 0.3) is 10.9 Å². The van der Waals surface area contributed by atoms with E-state index in [0.717, 1.165) is 6.61 Å². The molecule has 0 spiro atoms. The van der Waals surface area contributed by atoms with Crippen molar-refractivity contribution in [2.75, 3.05) is 6.61 Å². The fourth-order valence-electron chi connectivity index (χ4n) is 2.86. The number of benzene rings is 1. The summed E-state index contributed by atoms with van der Waals surface area (Å²) in [4.78, 5) is 3.32. The molecule has 2 unspecified atom stereocenters. The molecule has 2 heterocycles. The van der Waals surface area contributed by atoms with Gasteiger partial charge in [0.15, 0.2) is 0 Å². The van der Waals surface area contributed by atoms with Gasteiger partial charge in [0.05, 0.1) is 12.7 Å². The molecule has 3 rings (SSSR count). The minimum atomic E-state index is 0.0576. The number of aromatic nitrogens is 1. The first-order valence-electron chi connectivity index (χ1n) is 6.52. The summed E-state index contributed by atoms with van der Waals surface area (Å²) in [6.07, 6.45) is 2.19. The number of hydrogen-bond donors (Lipinski definition) is 2. The number of hydrogen-bond acceptors (Lipinski definition) is 2. The summed E-state index contributed by atoms with van der Waals surface area (Å²) < 4.78 is 6.08. The Bertz CT molecular complexity index is 558. The van der Waals surface area contributed by atoms with Gasteiger partial charge in [-0.3, -0.25) is 0 Å². The van der Waals surface area contributed by atoms with Crippen LogP contribution in [0.5, 0.6) is 0 Å². The van der Waals surface area contributed by atoms with Crippen molar-refractivity contribution in [3.63, 3.8) is 0 Å². The minimum Gasteiger partial charge on any atom is -0.370 e. The standard InChI is InChI=1S/C15H20N2O/c1-10-14(18-9-15(2,3)17-10)12-8-16-13-7-5-4-6-11(12)13/h4-8,10,14,16-17H,9H2,1-3H3. The van der Waals surface area contributed by atoms with E-state index in [1.54, 1.807) is 0 Å². The van der Waals surface area contributed by atoms with E-state index in [1.165, 1.54) is 16.5 Å². The average Bonchev–Trinajstić information content (AvgIpc) is 2.72. The second kappa shape index (κ2) is 4.11. The van der Waals surface area contributed by atoms with Gasteiger partial charge in [0, 0.05) is 34.2 Å². The molecule has 0 bridgehead atoms. The molecule has 2 atom stereocenters. The Morgan fingerprint density at radius 3 is 2.83 bits per heavy atom. The van der Waals surface area contributed by atoms with Crippen LogP contribution < -0.4 is 5.32 Å². The maximum atomic E-state index is 6.08. The number of ether oxygens (including phenoxy) is 1. The number of fused-ring (bicyclic) bond motifs is 1. The van der Waals surface area contributed by atoms with Crippen molar-refractivity contribution in [1.82, 2.24) is 10.3 Å². The van der Waals surface area contributed by atoms with Crippen LogP contribution in [0.1, 0.15) is 32.4 Å². The summed E-state index contributed by atoms with van der Waals surface area (Å²) in [5.74, 6) is 0. The third kappa shape index (κ3) is 1.93. The molecule has 0 saturated carbocycles. The summed E-state index contributed by atoms with van der Waals surface area (Å²) in [5, 5.41) is 4.88. The highest BCUT2D eigenvalue weighted by molar-refractivity contribution is 5.83. The first-order chi connectivity index (χ1) is 8.57. The molecule has 1 fully saturated rings. The molecule has 3 heteroatoms. The summed E-state index contributed by atoms with van der Waals surface area (Å²) in [7, 11) is 0. The van der Waals surface area contributed by atoms with Crippen LogP contribution >= 0.6 is 0 Å². The lowest BCUT2D eigenvalue weighted by molar-refractivity contribution is -0.0488. The molecule has 0 aliphatic carbocycles. The molecule has 1 aliphatic rings. The lowest BCUT2D eigenvalue weighted by Gasteiger charge is -2.40.